The third kappa shape index (κ3) is 1.08. The van der Waals surface area contributed by atoms with Gasteiger partial charge in [-0.25, -0.2) is 9.78 Å². The van der Waals surface area contributed by atoms with Crippen LogP contribution in [0, 0.1) is 0 Å². The number of hydrogen-bond acceptors (Lipinski definition) is 4. The molecule has 3 heterocycles. The molecule has 0 saturated carbocycles. The third-order valence-electron chi connectivity index (χ3n) is 2.66. The Morgan fingerprint density at radius 1 is 1.12 bits per heavy atom. The predicted octanol–water partition coefficient (Wildman–Crippen LogP) is -0.611. The molecule has 0 unspecified atom stereocenters. The summed E-state index contributed by atoms with van der Waals surface area (Å²) in [5.41, 5.74) is -0.869. The summed E-state index contributed by atoms with van der Waals surface area (Å²) in [5.74, 6) is 0.389. The van der Waals surface area contributed by atoms with E-state index in [0.29, 0.717) is 18.7 Å². The van der Waals surface area contributed by atoms with Crippen LogP contribution >= 0.6 is 0 Å². The Kier molecular flexibility index (Phi) is 1.65. The van der Waals surface area contributed by atoms with E-state index in [9.17, 15) is 14.4 Å². The monoisotopic (exact) mass is 220 g/mol. The number of rotatable bonds is 0. The van der Waals surface area contributed by atoms with Gasteiger partial charge in [-0.1, -0.05) is 0 Å². The van der Waals surface area contributed by atoms with Crippen molar-refractivity contribution in [3.8, 4) is 0 Å². The van der Waals surface area contributed by atoms with Gasteiger partial charge < -0.3 is 0 Å². The van der Waals surface area contributed by atoms with Gasteiger partial charge in [0.2, 0.25) is 5.91 Å². The van der Waals surface area contributed by atoms with Gasteiger partial charge in [-0.05, 0) is 6.42 Å². The summed E-state index contributed by atoms with van der Waals surface area (Å²) in [5, 5.41) is 0. The first kappa shape index (κ1) is 9.08. The Balaban J connectivity index is 2.52. The minimum atomic E-state index is -0.611. The minimum Gasteiger partial charge on any atom is -0.290 e. The van der Waals surface area contributed by atoms with Gasteiger partial charge in [0, 0.05) is 12.8 Å². The number of fused-ring (bicyclic) bond motifs is 3. The maximum absolute atomic E-state index is 11.7. The Morgan fingerprint density at radius 2 is 1.94 bits per heavy atom. The maximum Gasteiger partial charge on any atom is 0.327 e. The zero-order valence-electron chi connectivity index (χ0n) is 8.24. The molecule has 7 nitrogen and oxygen atoms in total. The highest BCUT2D eigenvalue weighted by Crippen LogP contribution is 2.17. The van der Waals surface area contributed by atoms with Gasteiger partial charge in [0.1, 0.15) is 5.82 Å². The highest BCUT2D eigenvalue weighted by molar-refractivity contribution is 5.90. The first-order valence-electron chi connectivity index (χ1n) is 4.94. The van der Waals surface area contributed by atoms with Crippen LogP contribution in [0.2, 0.25) is 0 Å². The van der Waals surface area contributed by atoms with Crippen LogP contribution in [0.25, 0.3) is 11.2 Å². The third-order valence-corrected chi connectivity index (χ3v) is 2.66. The lowest BCUT2D eigenvalue weighted by Gasteiger charge is -2.11. The molecule has 82 valence electrons. The standard InChI is InChI=1S/C9H8N4O3/c14-5-3-1-2-4-10-7-6(13(4)5)8(15)12-9(16)11-7/h1-3H2,(H2,11,12,15,16). The Labute approximate surface area is 88.1 Å². The number of carbonyl (C=O) groups excluding carboxylic acids is 1. The molecule has 0 atom stereocenters. The van der Waals surface area contributed by atoms with Crippen LogP contribution in [-0.4, -0.2) is 25.4 Å². The number of nitrogens with one attached hydrogen (secondary N) is 2. The molecule has 2 aromatic heterocycles. The lowest BCUT2D eigenvalue weighted by Crippen LogP contribution is -2.26. The molecule has 0 amide bonds. The second-order valence-corrected chi connectivity index (χ2v) is 3.72. The van der Waals surface area contributed by atoms with E-state index in [1.807, 2.05) is 0 Å². The van der Waals surface area contributed by atoms with E-state index in [1.54, 1.807) is 0 Å². The van der Waals surface area contributed by atoms with Gasteiger partial charge >= 0.3 is 5.69 Å². The molecule has 2 N–H and O–H groups in total. The maximum atomic E-state index is 11.7. The fraction of sp³-hybridized carbons (Fsp3) is 0.333. The van der Waals surface area contributed by atoms with Crippen LogP contribution in [0.15, 0.2) is 9.59 Å². The zero-order chi connectivity index (χ0) is 11.3. The van der Waals surface area contributed by atoms with Crippen molar-refractivity contribution in [2.45, 2.75) is 19.3 Å². The molecule has 0 spiro atoms. The van der Waals surface area contributed by atoms with Crippen LogP contribution < -0.4 is 11.2 Å². The predicted molar refractivity (Wildman–Crippen MR) is 54.5 cm³/mol. The van der Waals surface area contributed by atoms with E-state index < -0.39 is 11.2 Å². The molecule has 0 saturated heterocycles. The van der Waals surface area contributed by atoms with Crippen molar-refractivity contribution in [1.29, 1.82) is 0 Å². The normalized spacial score (nSPS) is 15.4. The van der Waals surface area contributed by atoms with Gasteiger partial charge in [-0.2, -0.15) is 0 Å². The van der Waals surface area contributed by atoms with Crippen molar-refractivity contribution in [3.05, 3.63) is 26.7 Å². The van der Waals surface area contributed by atoms with E-state index in [4.69, 9.17) is 0 Å². The summed E-state index contributed by atoms with van der Waals surface area (Å²) < 4.78 is 1.30. The molecule has 3 rings (SSSR count). The van der Waals surface area contributed by atoms with E-state index >= 15 is 0 Å². The average Bonchev–Trinajstić information content (AvgIpc) is 2.56. The minimum absolute atomic E-state index is 0.138. The number of aromatic nitrogens is 4. The van der Waals surface area contributed by atoms with Crippen LogP contribution in [0.1, 0.15) is 23.5 Å². The molecule has 1 aliphatic heterocycles. The van der Waals surface area contributed by atoms with Crippen molar-refractivity contribution in [3.63, 3.8) is 0 Å². The molecule has 7 heteroatoms. The van der Waals surface area contributed by atoms with Gasteiger partial charge in [-0.3, -0.25) is 24.1 Å². The Hall–Kier alpha value is -2.18. The van der Waals surface area contributed by atoms with E-state index in [1.165, 1.54) is 4.57 Å². The Morgan fingerprint density at radius 3 is 2.75 bits per heavy atom. The number of imidazole rings is 1. The number of aromatic amines is 2. The average molecular weight is 220 g/mol. The van der Waals surface area contributed by atoms with Crippen molar-refractivity contribution in [1.82, 2.24) is 19.5 Å². The number of hydrogen-bond donors (Lipinski definition) is 2. The van der Waals surface area contributed by atoms with Crippen molar-refractivity contribution >= 4 is 17.1 Å². The van der Waals surface area contributed by atoms with Crippen LogP contribution in [-0.2, 0) is 6.42 Å². The van der Waals surface area contributed by atoms with Crippen LogP contribution in [0.3, 0.4) is 0 Å². The molecular weight excluding hydrogens is 212 g/mol. The van der Waals surface area contributed by atoms with Crippen molar-refractivity contribution < 1.29 is 4.79 Å². The van der Waals surface area contributed by atoms with Crippen molar-refractivity contribution in [2.75, 3.05) is 0 Å². The summed E-state index contributed by atoms with van der Waals surface area (Å²) in [6.45, 7) is 0. The number of nitrogens with zero attached hydrogens (tertiary/aromatic N) is 2. The summed E-state index contributed by atoms with van der Waals surface area (Å²) in [6.07, 6.45) is 1.77. The number of aryl methyl sites for hydroxylation is 1. The fourth-order valence-corrected chi connectivity index (χ4v) is 2.01. The first-order chi connectivity index (χ1) is 7.66. The van der Waals surface area contributed by atoms with Gasteiger partial charge in [0.15, 0.2) is 11.2 Å². The molecule has 0 fully saturated rings. The fourth-order valence-electron chi connectivity index (χ4n) is 2.01. The molecule has 1 aliphatic rings. The molecular formula is C9H8N4O3. The number of carbonyl (C=O) groups is 1. The summed E-state index contributed by atoms with van der Waals surface area (Å²) >= 11 is 0. The topological polar surface area (TPSA) is 101 Å². The van der Waals surface area contributed by atoms with Crippen molar-refractivity contribution in [2.24, 2.45) is 0 Å². The quantitative estimate of drug-likeness (QED) is 0.618. The molecule has 0 bridgehead atoms. The molecule has 0 aromatic carbocycles. The SMILES string of the molecule is O=C1CCCc2nc3[nH]c(=O)[nH]c(=O)c3n21. The molecule has 2 aromatic rings. The van der Waals surface area contributed by atoms with Gasteiger partial charge in [-0.15, -0.1) is 0 Å². The summed E-state index contributed by atoms with van der Waals surface area (Å²) in [7, 11) is 0. The largest absolute Gasteiger partial charge is 0.327 e. The lowest BCUT2D eigenvalue weighted by molar-refractivity contribution is 0.0888. The van der Waals surface area contributed by atoms with Gasteiger partial charge in [0.25, 0.3) is 5.56 Å². The first-order valence-corrected chi connectivity index (χ1v) is 4.94. The second kappa shape index (κ2) is 2.91. The van der Waals surface area contributed by atoms with Crippen LogP contribution in [0.5, 0.6) is 0 Å². The second-order valence-electron chi connectivity index (χ2n) is 3.72. The lowest BCUT2D eigenvalue weighted by atomic mass is 10.1. The van der Waals surface area contributed by atoms with Crippen LogP contribution in [0.4, 0.5) is 0 Å². The van der Waals surface area contributed by atoms with E-state index in [-0.39, 0.29) is 17.1 Å². The summed E-state index contributed by atoms with van der Waals surface area (Å²) in [6, 6.07) is 0. The van der Waals surface area contributed by atoms with E-state index in [0.717, 1.165) is 6.42 Å². The summed E-state index contributed by atoms with van der Waals surface area (Å²) in [4.78, 5) is 42.9. The molecule has 16 heavy (non-hydrogen) atoms. The van der Waals surface area contributed by atoms with E-state index in [2.05, 4.69) is 15.0 Å². The molecule has 0 aliphatic carbocycles. The molecule has 0 radical (unpaired) electrons. The highest BCUT2D eigenvalue weighted by Gasteiger charge is 2.23. The zero-order valence-corrected chi connectivity index (χ0v) is 8.24. The highest BCUT2D eigenvalue weighted by atomic mass is 16.2. The Bertz CT molecular complexity index is 706. The smallest absolute Gasteiger partial charge is 0.290 e. The van der Waals surface area contributed by atoms with Gasteiger partial charge in [0.05, 0.1) is 0 Å². The number of H-pyrrole nitrogens is 2.